The molecule has 1 aromatic rings. The Labute approximate surface area is 139 Å². The zero-order chi connectivity index (χ0) is 18.1. The lowest BCUT2D eigenvalue weighted by atomic mass is 9.68. The molecule has 0 saturated heterocycles. The molecule has 1 aliphatic carbocycles. The minimum absolute atomic E-state index is 0.104. The second-order valence-corrected chi connectivity index (χ2v) is 5.88. The zero-order valence-corrected chi connectivity index (χ0v) is 13.6. The molecule has 6 heteroatoms. The standard InChI is InChI=1S/C18H18O6/c1-10-14(16(20)21)15(24-11(2)19)13(9-18(10,3)17(22)23)12-7-5-4-6-8-12/h4-10H,1-3H3,(H,20,21)(H,22,23)/t10?,18-/m0/s1. The van der Waals surface area contributed by atoms with E-state index in [2.05, 4.69) is 0 Å². The number of allylic oxidation sites excluding steroid dienone is 1. The molecule has 0 aliphatic heterocycles. The van der Waals surface area contributed by atoms with Crippen LogP contribution in [0, 0.1) is 11.3 Å². The van der Waals surface area contributed by atoms with E-state index >= 15 is 0 Å². The summed E-state index contributed by atoms with van der Waals surface area (Å²) in [5, 5.41) is 19.2. The van der Waals surface area contributed by atoms with Crippen molar-refractivity contribution in [1.82, 2.24) is 0 Å². The van der Waals surface area contributed by atoms with Crippen molar-refractivity contribution in [3.8, 4) is 0 Å². The molecular weight excluding hydrogens is 312 g/mol. The lowest BCUT2D eigenvalue weighted by Gasteiger charge is -2.35. The summed E-state index contributed by atoms with van der Waals surface area (Å²) < 4.78 is 5.17. The number of hydrogen-bond donors (Lipinski definition) is 2. The van der Waals surface area contributed by atoms with E-state index in [1.807, 2.05) is 0 Å². The van der Waals surface area contributed by atoms with Gasteiger partial charge in [0, 0.05) is 18.4 Å². The van der Waals surface area contributed by atoms with Gasteiger partial charge in [-0.05, 0) is 12.5 Å². The quantitative estimate of drug-likeness (QED) is 0.823. The number of rotatable bonds is 4. The normalized spacial score (nSPS) is 23.5. The Kier molecular flexibility index (Phi) is 4.59. The van der Waals surface area contributed by atoms with Crippen LogP contribution in [0.4, 0.5) is 0 Å². The Morgan fingerprint density at radius 2 is 1.71 bits per heavy atom. The molecule has 126 valence electrons. The van der Waals surface area contributed by atoms with Gasteiger partial charge in [-0.15, -0.1) is 0 Å². The molecule has 0 amide bonds. The number of carbonyl (C=O) groups excluding carboxylic acids is 1. The molecule has 1 aliphatic rings. The third-order valence-corrected chi connectivity index (χ3v) is 4.29. The fraction of sp³-hybridized carbons (Fsp3) is 0.278. The number of esters is 1. The Hall–Kier alpha value is -2.89. The van der Waals surface area contributed by atoms with E-state index < -0.39 is 29.2 Å². The fourth-order valence-corrected chi connectivity index (χ4v) is 2.75. The predicted molar refractivity (Wildman–Crippen MR) is 85.8 cm³/mol. The van der Waals surface area contributed by atoms with Crippen LogP contribution in [0.3, 0.4) is 0 Å². The monoisotopic (exact) mass is 330 g/mol. The van der Waals surface area contributed by atoms with E-state index in [1.165, 1.54) is 26.8 Å². The molecular formula is C18H18O6. The number of ether oxygens (including phenoxy) is 1. The second-order valence-electron chi connectivity index (χ2n) is 5.88. The van der Waals surface area contributed by atoms with Crippen LogP contribution in [0.25, 0.3) is 5.57 Å². The van der Waals surface area contributed by atoms with Crippen LogP contribution in [-0.2, 0) is 19.1 Å². The number of benzene rings is 1. The number of carbonyl (C=O) groups is 3. The molecule has 0 aromatic heterocycles. The largest absolute Gasteiger partial charge is 0.481 e. The molecule has 0 heterocycles. The first kappa shape index (κ1) is 17.5. The first-order valence-electron chi connectivity index (χ1n) is 7.36. The Bertz CT molecular complexity index is 759. The third kappa shape index (κ3) is 2.95. The predicted octanol–water partition coefficient (Wildman–Crippen LogP) is 2.71. The van der Waals surface area contributed by atoms with Crippen LogP contribution in [0.2, 0.25) is 0 Å². The molecule has 6 nitrogen and oxygen atoms in total. The average Bonchev–Trinajstić information content (AvgIpc) is 2.50. The lowest BCUT2D eigenvalue weighted by molar-refractivity contribution is -0.147. The summed E-state index contributed by atoms with van der Waals surface area (Å²) in [6.45, 7) is 4.13. The number of aliphatic carboxylic acids is 2. The Balaban J connectivity index is 2.79. The smallest absolute Gasteiger partial charge is 0.335 e. The molecule has 2 N–H and O–H groups in total. The zero-order valence-electron chi connectivity index (χ0n) is 13.6. The van der Waals surface area contributed by atoms with Gasteiger partial charge in [0.15, 0.2) is 0 Å². The lowest BCUT2D eigenvalue weighted by Crippen LogP contribution is -2.39. The van der Waals surface area contributed by atoms with Gasteiger partial charge in [-0.3, -0.25) is 9.59 Å². The molecule has 0 spiro atoms. The molecule has 24 heavy (non-hydrogen) atoms. The maximum Gasteiger partial charge on any atom is 0.335 e. The van der Waals surface area contributed by atoms with Gasteiger partial charge in [0.2, 0.25) is 0 Å². The SMILES string of the molecule is CC(=O)OC1=C(C(=O)O)C(C)[C@@](C)(C(=O)O)C=C1c1ccccc1. The van der Waals surface area contributed by atoms with Crippen LogP contribution >= 0.6 is 0 Å². The summed E-state index contributed by atoms with van der Waals surface area (Å²) in [4.78, 5) is 35.0. The van der Waals surface area contributed by atoms with Crippen molar-refractivity contribution in [2.45, 2.75) is 20.8 Å². The number of hydrogen-bond acceptors (Lipinski definition) is 4. The van der Waals surface area contributed by atoms with Crippen LogP contribution in [-0.4, -0.2) is 28.1 Å². The molecule has 0 bridgehead atoms. The minimum Gasteiger partial charge on any atom is -0.481 e. The summed E-state index contributed by atoms with van der Waals surface area (Å²) >= 11 is 0. The van der Waals surface area contributed by atoms with Crippen molar-refractivity contribution < 1.29 is 29.3 Å². The van der Waals surface area contributed by atoms with Crippen molar-refractivity contribution >= 4 is 23.5 Å². The van der Waals surface area contributed by atoms with Crippen molar-refractivity contribution in [2.75, 3.05) is 0 Å². The fourth-order valence-electron chi connectivity index (χ4n) is 2.75. The van der Waals surface area contributed by atoms with E-state index in [0.717, 1.165) is 0 Å². The average molecular weight is 330 g/mol. The van der Waals surface area contributed by atoms with Gasteiger partial charge in [0.05, 0.1) is 11.0 Å². The van der Waals surface area contributed by atoms with Crippen molar-refractivity contribution in [3.63, 3.8) is 0 Å². The summed E-state index contributed by atoms with van der Waals surface area (Å²) in [5.41, 5.74) is -0.808. The van der Waals surface area contributed by atoms with Crippen LogP contribution < -0.4 is 0 Å². The van der Waals surface area contributed by atoms with Gasteiger partial charge in [0.25, 0.3) is 0 Å². The van der Waals surface area contributed by atoms with Crippen LogP contribution in [0.5, 0.6) is 0 Å². The van der Waals surface area contributed by atoms with Gasteiger partial charge in [-0.2, -0.15) is 0 Å². The van der Waals surface area contributed by atoms with E-state index in [0.29, 0.717) is 5.56 Å². The van der Waals surface area contributed by atoms with E-state index in [4.69, 9.17) is 4.74 Å². The maximum absolute atomic E-state index is 11.8. The summed E-state index contributed by atoms with van der Waals surface area (Å²) in [6, 6.07) is 8.65. The van der Waals surface area contributed by atoms with Crippen molar-refractivity contribution in [3.05, 3.63) is 53.3 Å². The van der Waals surface area contributed by atoms with Gasteiger partial charge in [-0.25, -0.2) is 4.79 Å². The number of carboxylic acid groups (broad SMARTS) is 2. The highest BCUT2D eigenvalue weighted by Gasteiger charge is 2.47. The first-order valence-corrected chi connectivity index (χ1v) is 7.36. The van der Waals surface area contributed by atoms with Gasteiger partial charge in [-0.1, -0.05) is 43.3 Å². The molecule has 0 saturated carbocycles. The Morgan fingerprint density at radius 1 is 1.12 bits per heavy atom. The minimum atomic E-state index is -1.44. The second kappa shape index (κ2) is 6.31. The third-order valence-electron chi connectivity index (χ3n) is 4.29. The summed E-state index contributed by atoms with van der Waals surface area (Å²) in [6.07, 6.45) is 1.46. The summed E-state index contributed by atoms with van der Waals surface area (Å²) in [7, 11) is 0. The topological polar surface area (TPSA) is 101 Å². The van der Waals surface area contributed by atoms with Crippen LogP contribution in [0.15, 0.2) is 47.7 Å². The van der Waals surface area contributed by atoms with Crippen LogP contribution in [0.1, 0.15) is 26.3 Å². The molecule has 1 aromatic carbocycles. The van der Waals surface area contributed by atoms with Gasteiger partial charge in [0.1, 0.15) is 5.76 Å². The molecule has 0 fully saturated rings. The van der Waals surface area contributed by atoms with E-state index in [9.17, 15) is 24.6 Å². The molecule has 2 rings (SSSR count). The van der Waals surface area contributed by atoms with Gasteiger partial charge < -0.3 is 14.9 Å². The van der Waals surface area contributed by atoms with Gasteiger partial charge >= 0.3 is 17.9 Å². The number of carboxylic acids is 2. The van der Waals surface area contributed by atoms with E-state index in [1.54, 1.807) is 30.3 Å². The molecule has 1 unspecified atom stereocenters. The highest BCUT2D eigenvalue weighted by Crippen LogP contribution is 2.46. The molecule has 2 atom stereocenters. The maximum atomic E-state index is 11.8. The van der Waals surface area contributed by atoms with E-state index in [-0.39, 0.29) is 16.9 Å². The van der Waals surface area contributed by atoms with Crippen molar-refractivity contribution in [1.29, 1.82) is 0 Å². The summed E-state index contributed by atoms with van der Waals surface area (Å²) in [5.74, 6) is -4.12. The highest BCUT2D eigenvalue weighted by atomic mass is 16.5. The Morgan fingerprint density at radius 3 is 2.17 bits per heavy atom. The molecule has 0 radical (unpaired) electrons. The highest BCUT2D eigenvalue weighted by molar-refractivity contribution is 5.99. The van der Waals surface area contributed by atoms with Crippen molar-refractivity contribution in [2.24, 2.45) is 11.3 Å². The first-order chi connectivity index (χ1) is 11.2.